The highest BCUT2D eigenvalue weighted by Crippen LogP contribution is 2.26. The first-order valence-corrected chi connectivity index (χ1v) is 10.6. The standard InChI is InChI=1S/C23H20N6OS/c1-15-4-2-3-5-23(15)31(30)29-19-8-17(12-26-13-19)16-6-7-20-21(9-16)28-22(14-27-20)18(10-24)11-25/h2-14,24,29H,25H2,1H3/b18-11+,24-10?. The van der Waals surface area contributed by atoms with Gasteiger partial charge in [0.05, 0.1) is 39.7 Å². The number of aromatic nitrogens is 3. The summed E-state index contributed by atoms with van der Waals surface area (Å²) in [7, 11) is -1.40. The van der Waals surface area contributed by atoms with Gasteiger partial charge in [0.25, 0.3) is 0 Å². The fraction of sp³-hybridized carbons (Fsp3) is 0.0435. The maximum atomic E-state index is 12.7. The van der Waals surface area contributed by atoms with Gasteiger partial charge in [-0.05, 0) is 42.3 Å². The third kappa shape index (κ3) is 4.34. The minimum absolute atomic E-state index is 0.492. The number of fused-ring (bicyclic) bond motifs is 1. The number of nitrogens with one attached hydrogen (secondary N) is 2. The highest BCUT2D eigenvalue weighted by Gasteiger charge is 2.09. The molecule has 0 aliphatic heterocycles. The van der Waals surface area contributed by atoms with Gasteiger partial charge < -0.3 is 11.1 Å². The molecule has 2 aromatic carbocycles. The van der Waals surface area contributed by atoms with E-state index in [4.69, 9.17) is 11.1 Å². The van der Waals surface area contributed by atoms with E-state index in [9.17, 15) is 4.21 Å². The molecule has 0 bridgehead atoms. The highest BCUT2D eigenvalue weighted by atomic mass is 32.2. The SMILES string of the molecule is Cc1ccccc1S(=O)Nc1cncc(-c2ccc3ncc(/C(C=N)=C/N)nc3c2)c1. The van der Waals surface area contributed by atoms with Gasteiger partial charge in [-0.15, -0.1) is 0 Å². The van der Waals surface area contributed by atoms with E-state index in [1.54, 1.807) is 18.6 Å². The molecule has 0 aliphatic rings. The van der Waals surface area contributed by atoms with E-state index >= 15 is 0 Å². The Bertz CT molecular complexity index is 1330. The van der Waals surface area contributed by atoms with Crippen molar-refractivity contribution in [2.24, 2.45) is 5.73 Å². The van der Waals surface area contributed by atoms with Crippen LogP contribution in [0.25, 0.3) is 27.7 Å². The fourth-order valence-corrected chi connectivity index (χ4v) is 4.12. The first-order chi connectivity index (χ1) is 15.1. The second-order valence-corrected chi connectivity index (χ2v) is 8.01. The third-order valence-corrected chi connectivity index (χ3v) is 6.03. The Morgan fingerprint density at radius 2 is 1.90 bits per heavy atom. The second-order valence-electron chi connectivity index (χ2n) is 6.82. The molecule has 4 N–H and O–H groups in total. The monoisotopic (exact) mass is 428 g/mol. The van der Waals surface area contributed by atoms with E-state index in [0.29, 0.717) is 22.5 Å². The largest absolute Gasteiger partial charge is 0.404 e. The van der Waals surface area contributed by atoms with E-state index in [1.165, 1.54) is 6.20 Å². The van der Waals surface area contributed by atoms with Crippen LogP contribution in [0.2, 0.25) is 0 Å². The summed E-state index contributed by atoms with van der Waals surface area (Å²) in [6.07, 6.45) is 7.45. The smallest absolute Gasteiger partial charge is 0.150 e. The van der Waals surface area contributed by atoms with E-state index in [1.807, 2.05) is 55.5 Å². The van der Waals surface area contributed by atoms with Crippen LogP contribution in [-0.4, -0.2) is 25.4 Å². The summed E-state index contributed by atoms with van der Waals surface area (Å²) in [5.74, 6) is 0. The summed E-state index contributed by atoms with van der Waals surface area (Å²) in [4.78, 5) is 14.0. The molecule has 2 heterocycles. The zero-order valence-corrected chi connectivity index (χ0v) is 17.6. The number of anilines is 1. The minimum atomic E-state index is -1.40. The molecule has 1 unspecified atom stereocenters. The van der Waals surface area contributed by atoms with Gasteiger partial charge in [0.2, 0.25) is 0 Å². The van der Waals surface area contributed by atoms with Crippen molar-refractivity contribution in [3.63, 3.8) is 0 Å². The van der Waals surface area contributed by atoms with E-state index in [0.717, 1.165) is 33.3 Å². The number of aryl methyl sites for hydroxylation is 1. The summed E-state index contributed by atoms with van der Waals surface area (Å²) in [6, 6.07) is 15.2. The quantitative estimate of drug-likeness (QED) is 0.400. The van der Waals surface area contributed by atoms with E-state index < -0.39 is 11.0 Å². The van der Waals surface area contributed by atoms with Crippen molar-refractivity contribution in [1.29, 1.82) is 5.41 Å². The van der Waals surface area contributed by atoms with Gasteiger partial charge in [0, 0.05) is 29.7 Å². The molecule has 2 aromatic heterocycles. The zero-order chi connectivity index (χ0) is 21.8. The molecule has 0 saturated heterocycles. The van der Waals surface area contributed by atoms with Crippen LogP contribution in [0, 0.1) is 12.3 Å². The van der Waals surface area contributed by atoms with Gasteiger partial charge >= 0.3 is 0 Å². The van der Waals surface area contributed by atoms with E-state index in [-0.39, 0.29) is 0 Å². The summed E-state index contributed by atoms with van der Waals surface area (Å²) >= 11 is 0. The van der Waals surface area contributed by atoms with Gasteiger partial charge in [-0.1, -0.05) is 24.3 Å². The number of hydrogen-bond acceptors (Lipinski definition) is 6. The van der Waals surface area contributed by atoms with Crippen molar-refractivity contribution in [3.8, 4) is 11.1 Å². The van der Waals surface area contributed by atoms with Gasteiger partial charge in [-0.2, -0.15) is 0 Å². The minimum Gasteiger partial charge on any atom is -0.404 e. The Morgan fingerprint density at radius 1 is 1.06 bits per heavy atom. The lowest BCUT2D eigenvalue weighted by Gasteiger charge is -2.10. The Labute approximate surface area is 182 Å². The third-order valence-electron chi connectivity index (χ3n) is 4.75. The van der Waals surface area contributed by atoms with Gasteiger partial charge in [-0.25, -0.2) is 9.19 Å². The van der Waals surface area contributed by atoms with Crippen LogP contribution in [0.15, 0.2) is 78.2 Å². The molecular weight excluding hydrogens is 408 g/mol. The van der Waals surface area contributed by atoms with Crippen LogP contribution in [0.1, 0.15) is 11.3 Å². The Hall–Kier alpha value is -3.91. The van der Waals surface area contributed by atoms with Crippen molar-refractivity contribution in [1.82, 2.24) is 15.0 Å². The van der Waals surface area contributed by atoms with Gasteiger partial charge in [0.15, 0.2) is 11.0 Å². The lowest BCUT2D eigenvalue weighted by molar-refractivity contribution is 0.686. The molecule has 31 heavy (non-hydrogen) atoms. The van der Waals surface area contributed by atoms with Gasteiger partial charge in [-0.3, -0.25) is 14.7 Å². The lowest BCUT2D eigenvalue weighted by Crippen LogP contribution is -2.06. The first-order valence-electron chi connectivity index (χ1n) is 9.48. The van der Waals surface area contributed by atoms with Gasteiger partial charge in [0.1, 0.15) is 0 Å². The number of nitrogens with zero attached hydrogens (tertiary/aromatic N) is 3. The predicted octanol–water partition coefficient (Wildman–Crippen LogP) is 4.08. The molecule has 8 heteroatoms. The number of nitrogens with two attached hydrogens (primary N) is 1. The Morgan fingerprint density at radius 3 is 2.68 bits per heavy atom. The number of rotatable bonds is 6. The molecule has 0 saturated carbocycles. The van der Waals surface area contributed by atoms with Crippen LogP contribution < -0.4 is 10.5 Å². The summed E-state index contributed by atoms with van der Waals surface area (Å²) in [5.41, 5.74) is 11.4. The normalized spacial score (nSPS) is 12.5. The molecular formula is C23H20N6OS. The molecule has 4 rings (SSSR count). The Balaban J connectivity index is 1.66. The summed E-state index contributed by atoms with van der Waals surface area (Å²) in [5, 5.41) is 7.46. The van der Waals surface area contributed by atoms with Crippen molar-refractivity contribution >= 4 is 39.5 Å². The van der Waals surface area contributed by atoms with E-state index in [2.05, 4.69) is 19.7 Å². The lowest BCUT2D eigenvalue weighted by atomic mass is 10.1. The molecule has 0 fully saturated rings. The molecule has 1 atom stereocenters. The first kappa shape index (κ1) is 20.4. The maximum absolute atomic E-state index is 12.7. The molecule has 154 valence electrons. The number of allylic oxidation sites excluding steroid dienone is 1. The molecule has 0 radical (unpaired) electrons. The summed E-state index contributed by atoms with van der Waals surface area (Å²) < 4.78 is 15.8. The highest BCUT2D eigenvalue weighted by molar-refractivity contribution is 7.86. The average Bonchev–Trinajstić information content (AvgIpc) is 2.80. The van der Waals surface area contributed by atoms with Crippen molar-refractivity contribution in [2.75, 3.05) is 4.72 Å². The topological polar surface area (TPSA) is 118 Å². The van der Waals surface area contributed by atoms with Crippen LogP contribution >= 0.6 is 0 Å². The maximum Gasteiger partial charge on any atom is 0.150 e. The average molecular weight is 429 g/mol. The molecule has 7 nitrogen and oxygen atoms in total. The van der Waals surface area contributed by atoms with Crippen molar-refractivity contribution in [3.05, 3.63) is 84.6 Å². The predicted molar refractivity (Wildman–Crippen MR) is 125 cm³/mol. The van der Waals surface area contributed by atoms with Crippen molar-refractivity contribution < 1.29 is 4.21 Å². The van der Waals surface area contributed by atoms with Crippen LogP contribution in [-0.2, 0) is 11.0 Å². The fourth-order valence-electron chi connectivity index (χ4n) is 3.12. The molecule has 4 aromatic rings. The molecule has 0 spiro atoms. The number of pyridine rings is 1. The summed E-state index contributed by atoms with van der Waals surface area (Å²) in [6.45, 7) is 1.93. The number of hydrogen-bond donors (Lipinski definition) is 3. The molecule has 0 amide bonds. The van der Waals surface area contributed by atoms with Crippen LogP contribution in [0.4, 0.5) is 5.69 Å². The number of benzene rings is 2. The van der Waals surface area contributed by atoms with Crippen LogP contribution in [0.5, 0.6) is 0 Å². The van der Waals surface area contributed by atoms with Crippen molar-refractivity contribution in [2.45, 2.75) is 11.8 Å². The molecule has 0 aliphatic carbocycles. The zero-order valence-electron chi connectivity index (χ0n) is 16.7. The van der Waals surface area contributed by atoms with Crippen LogP contribution in [0.3, 0.4) is 0 Å². The Kier molecular flexibility index (Phi) is 5.81. The second kappa shape index (κ2) is 8.85.